The fourth-order valence-electron chi connectivity index (χ4n) is 1.21. The smallest absolute Gasteiger partial charge is 0.259 e. The molecule has 2 aromatic rings. The van der Waals surface area contributed by atoms with Crippen LogP contribution in [0.3, 0.4) is 0 Å². The largest absolute Gasteiger partial charge is 0.297 e. The molecule has 15 heavy (non-hydrogen) atoms. The first-order valence-electron chi connectivity index (χ1n) is 4.17. The van der Waals surface area contributed by atoms with Crippen LogP contribution >= 0.6 is 11.6 Å². The molecule has 1 aromatic heterocycles. The molecular weight excluding hydrogens is 219 g/mol. The first-order chi connectivity index (χ1) is 7.16. The molecule has 0 amide bonds. The molecule has 0 radical (unpaired) electrons. The van der Waals surface area contributed by atoms with Gasteiger partial charge in [0.2, 0.25) is 5.28 Å². The van der Waals surface area contributed by atoms with Crippen LogP contribution in [0.5, 0.6) is 0 Å². The van der Waals surface area contributed by atoms with Crippen LogP contribution in [0.2, 0.25) is 5.28 Å². The van der Waals surface area contributed by atoms with Gasteiger partial charge in [-0.15, -0.1) is 0 Å². The molecule has 5 heteroatoms. The zero-order valence-electron chi connectivity index (χ0n) is 7.50. The summed E-state index contributed by atoms with van der Waals surface area (Å²) in [6.45, 7) is 0. The molecule has 0 saturated heterocycles. The minimum atomic E-state index is -0.350. The summed E-state index contributed by atoms with van der Waals surface area (Å²) in [5, 5.41) is 0.0332. The van der Waals surface area contributed by atoms with Gasteiger partial charge in [-0.2, -0.15) is 0 Å². The van der Waals surface area contributed by atoms with Crippen molar-refractivity contribution in [2.45, 2.75) is 0 Å². The second kappa shape index (κ2) is 3.82. The van der Waals surface area contributed by atoms with Crippen LogP contribution in [0, 0.1) is 5.82 Å². The van der Waals surface area contributed by atoms with E-state index >= 15 is 0 Å². The fourth-order valence-corrected chi connectivity index (χ4v) is 1.34. The third kappa shape index (κ3) is 2.05. The molecule has 0 aliphatic rings. The Morgan fingerprint density at radius 2 is 1.93 bits per heavy atom. The molecule has 0 bridgehead atoms. The van der Waals surface area contributed by atoms with Crippen LogP contribution in [0.1, 0.15) is 0 Å². The van der Waals surface area contributed by atoms with Crippen molar-refractivity contribution in [3.8, 4) is 11.1 Å². The molecule has 0 fully saturated rings. The summed E-state index contributed by atoms with van der Waals surface area (Å²) in [5.41, 5.74) is 0.614. The van der Waals surface area contributed by atoms with Crippen molar-refractivity contribution in [1.82, 2.24) is 9.97 Å². The van der Waals surface area contributed by atoms with Crippen molar-refractivity contribution in [1.29, 1.82) is 0 Å². The zero-order chi connectivity index (χ0) is 10.8. The lowest BCUT2D eigenvalue weighted by atomic mass is 10.1. The Bertz CT molecular complexity index is 536. The van der Waals surface area contributed by atoms with Crippen molar-refractivity contribution in [2.24, 2.45) is 0 Å². The summed E-state index contributed by atoms with van der Waals surface area (Å²) >= 11 is 5.50. The van der Waals surface area contributed by atoms with E-state index in [1.165, 1.54) is 30.5 Å². The molecule has 1 aromatic carbocycles. The van der Waals surface area contributed by atoms with E-state index in [4.69, 9.17) is 11.6 Å². The maximum absolute atomic E-state index is 12.6. The Morgan fingerprint density at radius 1 is 1.27 bits per heavy atom. The molecule has 76 valence electrons. The highest BCUT2D eigenvalue weighted by Crippen LogP contribution is 2.14. The molecule has 0 aliphatic carbocycles. The number of aromatic nitrogens is 2. The summed E-state index contributed by atoms with van der Waals surface area (Å²) in [6.07, 6.45) is 1.36. The molecule has 0 saturated carbocycles. The van der Waals surface area contributed by atoms with Gasteiger partial charge in [0.25, 0.3) is 5.56 Å². The second-order valence-electron chi connectivity index (χ2n) is 2.92. The highest BCUT2D eigenvalue weighted by molar-refractivity contribution is 6.28. The number of benzene rings is 1. The quantitative estimate of drug-likeness (QED) is 0.755. The molecule has 1 heterocycles. The Labute approximate surface area is 89.6 Å². The van der Waals surface area contributed by atoms with E-state index in [1.807, 2.05) is 0 Å². The number of aromatic amines is 1. The summed E-state index contributed by atoms with van der Waals surface area (Å²) in [7, 11) is 0. The van der Waals surface area contributed by atoms with E-state index in [2.05, 4.69) is 9.97 Å². The van der Waals surface area contributed by atoms with Gasteiger partial charge in [0, 0.05) is 6.20 Å². The van der Waals surface area contributed by atoms with Gasteiger partial charge >= 0.3 is 0 Å². The summed E-state index contributed by atoms with van der Waals surface area (Å²) < 4.78 is 12.6. The lowest BCUT2D eigenvalue weighted by molar-refractivity contribution is 0.628. The maximum Gasteiger partial charge on any atom is 0.259 e. The van der Waals surface area contributed by atoms with Crippen molar-refractivity contribution in [3.63, 3.8) is 0 Å². The minimum absolute atomic E-state index is 0.0332. The molecule has 0 atom stereocenters. The monoisotopic (exact) mass is 224 g/mol. The normalized spacial score (nSPS) is 10.3. The maximum atomic E-state index is 12.6. The average Bonchev–Trinajstić information content (AvgIpc) is 2.20. The number of nitrogens with one attached hydrogen (secondary N) is 1. The van der Waals surface area contributed by atoms with Crippen LogP contribution in [0.15, 0.2) is 35.3 Å². The van der Waals surface area contributed by atoms with E-state index in [0.717, 1.165) is 0 Å². The molecule has 0 spiro atoms. The van der Waals surface area contributed by atoms with E-state index in [1.54, 1.807) is 0 Å². The molecule has 3 nitrogen and oxygen atoms in total. The van der Waals surface area contributed by atoms with Gasteiger partial charge in [-0.05, 0) is 29.3 Å². The second-order valence-corrected chi connectivity index (χ2v) is 3.28. The number of hydrogen-bond acceptors (Lipinski definition) is 2. The Hall–Kier alpha value is -1.68. The van der Waals surface area contributed by atoms with E-state index < -0.39 is 0 Å². The first kappa shape index (κ1) is 9.86. The van der Waals surface area contributed by atoms with Crippen LogP contribution in [0.4, 0.5) is 4.39 Å². The van der Waals surface area contributed by atoms with Crippen molar-refractivity contribution < 1.29 is 4.39 Å². The van der Waals surface area contributed by atoms with E-state index in [-0.39, 0.29) is 16.7 Å². The van der Waals surface area contributed by atoms with Gasteiger partial charge in [0.1, 0.15) is 5.82 Å². The number of halogens is 2. The van der Waals surface area contributed by atoms with Crippen LogP contribution in [-0.2, 0) is 0 Å². The Balaban J connectivity index is 2.55. The summed E-state index contributed by atoms with van der Waals surface area (Å²) in [5.74, 6) is -0.350. The number of rotatable bonds is 1. The highest BCUT2D eigenvalue weighted by Gasteiger charge is 2.04. The van der Waals surface area contributed by atoms with Crippen molar-refractivity contribution in [2.75, 3.05) is 0 Å². The van der Waals surface area contributed by atoms with Gasteiger partial charge in [0.15, 0.2) is 0 Å². The van der Waals surface area contributed by atoms with E-state index in [9.17, 15) is 9.18 Å². The molecule has 2 rings (SSSR count). The summed E-state index contributed by atoms with van der Waals surface area (Å²) in [4.78, 5) is 17.6. The number of hydrogen-bond donors (Lipinski definition) is 1. The molecule has 0 unspecified atom stereocenters. The lowest BCUT2D eigenvalue weighted by Crippen LogP contribution is -2.09. The van der Waals surface area contributed by atoms with Gasteiger partial charge in [-0.25, -0.2) is 9.37 Å². The van der Waals surface area contributed by atoms with Crippen molar-refractivity contribution >= 4 is 11.6 Å². The van der Waals surface area contributed by atoms with E-state index in [0.29, 0.717) is 11.1 Å². The fraction of sp³-hybridized carbons (Fsp3) is 0. The first-order valence-corrected chi connectivity index (χ1v) is 4.55. The zero-order valence-corrected chi connectivity index (χ0v) is 8.25. The minimum Gasteiger partial charge on any atom is -0.297 e. The summed E-state index contributed by atoms with van der Waals surface area (Å²) in [6, 6.07) is 5.58. The van der Waals surface area contributed by atoms with Gasteiger partial charge in [-0.3, -0.25) is 9.78 Å². The molecule has 1 N–H and O–H groups in total. The standard InChI is InChI=1S/C10H6ClFN2O/c11-10-13-5-8(9(15)14-10)6-1-3-7(12)4-2-6/h1-5H,(H,13,14,15). The average molecular weight is 225 g/mol. The Kier molecular flexibility index (Phi) is 2.51. The SMILES string of the molecule is O=c1[nH]c(Cl)ncc1-c1ccc(F)cc1. The predicted octanol–water partition coefficient (Wildman–Crippen LogP) is 2.23. The number of nitrogens with zero attached hydrogens (tertiary/aromatic N) is 1. The third-order valence-corrected chi connectivity index (χ3v) is 2.12. The predicted molar refractivity (Wildman–Crippen MR) is 55.3 cm³/mol. The third-order valence-electron chi connectivity index (χ3n) is 1.92. The van der Waals surface area contributed by atoms with Crippen LogP contribution < -0.4 is 5.56 Å². The van der Waals surface area contributed by atoms with Crippen LogP contribution in [0.25, 0.3) is 11.1 Å². The van der Waals surface area contributed by atoms with Gasteiger partial charge in [-0.1, -0.05) is 12.1 Å². The number of H-pyrrole nitrogens is 1. The Morgan fingerprint density at radius 3 is 2.53 bits per heavy atom. The topological polar surface area (TPSA) is 45.8 Å². The molecular formula is C10H6ClFN2O. The van der Waals surface area contributed by atoms with Crippen LogP contribution in [-0.4, -0.2) is 9.97 Å². The highest BCUT2D eigenvalue weighted by atomic mass is 35.5. The lowest BCUT2D eigenvalue weighted by Gasteiger charge is -1.99. The molecule has 0 aliphatic heterocycles. The van der Waals surface area contributed by atoms with Gasteiger partial charge < -0.3 is 0 Å². The van der Waals surface area contributed by atoms with Gasteiger partial charge in [0.05, 0.1) is 5.56 Å². The van der Waals surface area contributed by atoms with Crippen molar-refractivity contribution in [3.05, 3.63) is 51.9 Å².